The average Bonchev–Trinajstić information content (AvgIpc) is 2.85. The van der Waals surface area contributed by atoms with Crippen LogP contribution < -0.4 is 5.32 Å². The zero-order valence-corrected chi connectivity index (χ0v) is 23.7. The first-order valence-electron chi connectivity index (χ1n) is 11.3. The molecule has 0 aliphatic rings. The van der Waals surface area contributed by atoms with Crippen molar-refractivity contribution in [3.8, 4) is 0 Å². The molecule has 0 bridgehead atoms. The van der Waals surface area contributed by atoms with Gasteiger partial charge in [-0.2, -0.15) is 0 Å². The Kier molecular flexibility index (Phi) is 16.8. The van der Waals surface area contributed by atoms with Crippen molar-refractivity contribution < 1.29 is 62.0 Å². The van der Waals surface area contributed by atoms with E-state index in [2.05, 4.69) is 14.8 Å². The van der Waals surface area contributed by atoms with E-state index in [1.165, 1.54) is 13.8 Å². The van der Waals surface area contributed by atoms with Gasteiger partial charge in [-0.05, 0) is 37.4 Å². The van der Waals surface area contributed by atoms with Crippen LogP contribution in [0, 0.1) is 5.92 Å². The maximum atomic E-state index is 12.8. The Morgan fingerprint density at radius 3 is 1.68 bits per heavy atom. The number of carbonyl (C=O) groups is 7. The summed E-state index contributed by atoms with van der Waals surface area (Å²) >= 11 is 0.932. The summed E-state index contributed by atoms with van der Waals surface area (Å²) in [7, 11) is 0. The number of amides is 1. The molecule has 0 rings (SSSR count). The molecular formula is C22H33NO13S2. The van der Waals surface area contributed by atoms with E-state index < -0.39 is 77.5 Å². The van der Waals surface area contributed by atoms with Gasteiger partial charge in [0.25, 0.3) is 0 Å². The van der Waals surface area contributed by atoms with Crippen LogP contribution in [0.2, 0.25) is 0 Å². The second kappa shape index (κ2) is 18.3. The number of esters is 4. The second-order valence-corrected chi connectivity index (χ2v) is 10.4. The Balaban J connectivity index is 5.13. The minimum atomic E-state index is -1.48. The summed E-state index contributed by atoms with van der Waals surface area (Å²) in [5.74, 6) is -4.49. The highest BCUT2D eigenvalue weighted by Gasteiger charge is 2.36. The van der Waals surface area contributed by atoms with Crippen molar-refractivity contribution in [2.24, 2.45) is 5.92 Å². The third-order valence-electron chi connectivity index (χ3n) is 4.09. The van der Waals surface area contributed by atoms with Crippen molar-refractivity contribution in [3.63, 3.8) is 0 Å². The van der Waals surface area contributed by atoms with Crippen molar-refractivity contribution in [3.05, 3.63) is 0 Å². The molecule has 0 heterocycles. The van der Waals surface area contributed by atoms with E-state index in [0.29, 0.717) is 23.5 Å². The van der Waals surface area contributed by atoms with Crippen LogP contribution in [-0.2, 0) is 52.4 Å². The number of rotatable bonds is 15. The highest BCUT2D eigenvalue weighted by atomic mass is 32.2. The highest BCUT2D eigenvalue weighted by molar-refractivity contribution is 8.15. The summed E-state index contributed by atoms with van der Waals surface area (Å²) in [4.78, 5) is 83.1. The number of hydrogen-bond acceptors (Lipinski definition) is 15. The molecule has 0 radical (unpaired) electrons. The predicted octanol–water partition coefficient (Wildman–Crippen LogP) is 2.51. The fourth-order valence-electron chi connectivity index (χ4n) is 1.88. The first kappa shape index (κ1) is 35.0. The summed E-state index contributed by atoms with van der Waals surface area (Å²) in [5, 5.41) is 0.530. The van der Waals surface area contributed by atoms with Gasteiger partial charge in [0.05, 0.1) is 10.7 Å². The fraction of sp³-hybridized carbons (Fsp3) is 0.682. The largest absolute Gasteiger partial charge is 0.428 e. The van der Waals surface area contributed by atoms with Crippen LogP contribution in [0.1, 0.15) is 54.4 Å². The zero-order valence-electron chi connectivity index (χ0n) is 22.0. The lowest BCUT2D eigenvalue weighted by Gasteiger charge is -2.25. The Morgan fingerprint density at radius 1 is 0.711 bits per heavy atom. The molecule has 0 aliphatic heterocycles. The van der Waals surface area contributed by atoms with Crippen molar-refractivity contribution in [2.75, 3.05) is 26.1 Å². The lowest BCUT2D eigenvalue weighted by Crippen LogP contribution is -2.50. The standard InChI is InChI=1S/C22H33NO13S2/c1-7-15(24)31-10-35-20(29)37-9-14(18(27)34-12-33-17(26)13(3)4)23-19(28)22(5,6)38-21(30)36-11-32-16(25)8-2/h13-14H,7-12H2,1-6H3,(H,23,28)/t14-/m0/s1. The number of hydrogen-bond donors (Lipinski definition) is 1. The molecule has 0 aromatic heterocycles. The average molecular weight is 584 g/mol. The third-order valence-corrected chi connectivity index (χ3v) is 5.92. The minimum absolute atomic E-state index is 0.0806. The molecule has 0 saturated carbocycles. The van der Waals surface area contributed by atoms with Gasteiger partial charge in [-0.25, -0.2) is 14.4 Å². The summed E-state index contributed by atoms with van der Waals surface area (Å²) in [6.45, 7) is 6.99. The van der Waals surface area contributed by atoms with Gasteiger partial charge in [0.2, 0.25) is 26.3 Å². The molecule has 1 N–H and O–H groups in total. The number of carbonyl (C=O) groups excluding carboxylic acids is 7. The van der Waals surface area contributed by atoms with Gasteiger partial charge in [-0.15, -0.1) is 0 Å². The topological polar surface area (TPSA) is 187 Å². The number of thioether (sulfide) groups is 2. The minimum Gasteiger partial charge on any atom is -0.428 e. The van der Waals surface area contributed by atoms with Crippen LogP contribution in [0.3, 0.4) is 0 Å². The van der Waals surface area contributed by atoms with Gasteiger partial charge in [0, 0.05) is 18.6 Å². The first-order chi connectivity index (χ1) is 17.7. The van der Waals surface area contributed by atoms with Crippen molar-refractivity contribution >= 4 is 63.9 Å². The molecule has 0 spiro atoms. The normalized spacial score (nSPS) is 11.6. The van der Waals surface area contributed by atoms with Crippen LogP contribution >= 0.6 is 23.5 Å². The molecule has 0 fully saturated rings. The second-order valence-electron chi connectivity index (χ2n) is 7.91. The summed E-state index contributed by atoms with van der Waals surface area (Å²) in [6, 6.07) is -1.43. The van der Waals surface area contributed by atoms with Crippen LogP contribution in [0.15, 0.2) is 0 Å². The highest BCUT2D eigenvalue weighted by Crippen LogP contribution is 2.27. The number of ether oxygens (including phenoxy) is 6. The van der Waals surface area contributed by atoms with E-state index in [1.54, 1.807) is 27.7 Å². The lowest BCUT2D eigenvalue weighted by molar-refractivity contribution is -0.171. The molecule has 216 valence electrons. The van der Waals surface area contributed by atoms with Crippen LogP contribution in [-0.4, -0.2) is 77.3 Å². The molecule has 0 saturated heterocycles. The van der Waals surface area contributed by atoms with Crippen molar-refractivity contribution in [1.29, 1.82) is 0 Å². The molecule has 1 amide bonds. The van der Waals surface area contributed by atoms with Gasteiger partial charge in [0.1, 0.15) is 6.04 Å². The number of nitrogens with one attached hydrogen (secondary N) is 1. The van der Waals surface area contributed by atoms with E-state index in [-0.39, 0.29) is 18.6 Å². The van der Waals surface area contributed by atoms with Crippen molar-refractivity contribution in [1.82, 2.24) is 5.32 Å². The van der Waals surface area contributed by atoms with Crippen LogP contribution in [0.4, 0.5) is 9.59 Å². The molecular weight excluding hydrogens is 550 g/mol. The van der Waals surface area contributed by atoms with Crippen molar-refractivity contribution in [2.45, 2.75) is 65.2 Å². The Bertz CT molecular complexity index is 860. The van der Waals surface area contributed by atoms with Gasteiger partial charge >= 0.3 is 34.5 Å². The SMILES string of the molecule is CCC(=O)OCOC(=O)SC[C@H](NC(=O)C(C)(C)SC(=O)OCOC(=O)CC)C(=O)OCOC(=O)C(C)C. The zero-order chi connectivity index (χ0) is 29.3. The van der Waals surface area contributed by atoms with E-state index in [4.69, 9.17) is 18.9 Å². The van der Waals surface area contributed by atoms with E-state index in [9.17, 15) is 33.6 Å². The molecule has 0 aliphatic carbocycles. The molecule has 16 heteroatoms. The summed E-state index contributed by atoms with van der Waals surface area (Å²) in [5.41, 5.74) is 0. The maximum absolute atomic E-state index is 12.8. The van der Waals surface area contributed by atoms with E-state index >= 15 is 0 Å². The molecule has 0 aromatic carbocycles. The monoisotopic (exact) mass is 583 g/mol. The quantitative estimate of drug-likeness (QED) is 0.168. The molecule has 0 aromatic rings. The lowest BCUT2D eigenvalue weighted by atomic mass is 10.2. The Morgan fingerprint density at radius 2 is 1.18 bits per heavy atom. The Hall–Kier alpha value is -3.01. The van der Waals surface area contributed by atoms with Gasteiger partial charge in [0.15, 0.2) is 0 Å². The van der Waals surface area contributed by atoms with Gasteiger partial charge in [-0.1, -0.05) is 27.7 Å². The van der Waals surface area contributed by atoms with Crippen LogP contribution in [0.25, 0.3) is 0 Å². The van der Waals surface area contributed by atoms with E-state index in [0.717, 1.165) is 0 Å². The smallest absolute Gasteiger partial charge is 0.371 e. The first-order valence-corrected chi connectivity index (χ1v) is 13.1. The van der Waals surface area contributed by atoms with Crippen LogP contribution in [0.5, 0.6) is 0 Å². The van der Waals surface area contributed by atoms with Gasteiger partial charge < -0.3 is 33.7 Å². The van der Waals surface area contributed by atoms with Gasteiger partial charge in [-0.3, -0.25) is 19.2 Å². The molecule has 0 unspecified atom stereocenters. The Labute approximate surface area is 228 Å². The molecule has 38 heavy (non-hydrogen) atoms. The van der Waals surface area contributed by atoms with E-state index in [1.807, 2.05) is 0 Å². The molecule has 1 atom stereocenters. The third kappa shape index (κ3) is 15.3. The summed E-state index contributed by atoms with van der Waals surface area (Å²) < 4.78 is 26.9. The summed E-state index contributed by atoms with van der Waals surface area (Å²) in [6.07, 6.45) is 0.166. The molecule has 14 nitrogen and oxygen atoms in total. The fourth-order valence-corrected chi connectivity index (χ4v) is 3.21. The maximum Gasteiger partial charge on any atom is 0.371 e. The predicted molar refractivity (Wildman–Crippen MR) is 133 cm³/mol.